The lowest BCUT2D eigenvalue weighted by molar-refractivity contribution is 0.0785. The van der Waals surface area contributed by atoms with Gasteiger partial charge in [0.15, 0.2) is 0 Å². The van der Waals surface area contributed by atoms with Gasteiger partial charge in [-0.15, -0.1) is 0 Å². The van der Waals surface area contributed by atoms with Crippen LogP contribution in [-0.2, 0) is 6.54 Å². The van der Waals surface area contributed by atoms with Crippen LogP contribution in [0.25, 0.3) is 11.0 Å². The molecule has 0 radical (unpaired) electrons. The van der Waals surface area contributed by atoms with Gasteiger partial charge >= 0.3 is 6.03 Å². The van der Waals surface area contributed by atoms with Crippen molar-refractivity contribution in [3.05, 3.63) is 53.1 Å². The van der Waals surface area contributed by atoms with Crippen LogP contribution < -0.4 is 10.2 Å². The van der Waals surface area contributed by atoms with Crippen molar-refractivity contribution in [3.8, 4) is 0 Å². The standard InChI is InChI=1S/C19H19N5O3/c1-12-3-5-14(10-17(12)24-8-7-20-19(24)26)18(25)23(2)11-13-4-6-15-16(9-13)22-27-21-15/h3-6,9-10H,7-8,11H2,1-2H3,(H,20,26). The number of nitrogens with one attached hydrogen (secondary N) is 1. The number of fused-ring (bicyclic) bond motifs is 1. The average molecular weight is 365 g/mol. The normalized spacial score (nSPS) is 13.9. The molecule has 4 rings (SSSR count). The Bertz CT molecular complexity index is 1030. The molecule has 0 atom stereocenters. The molecule has 3 aromatic rings. The van der Waals surface area contributed by atoms with Crippen molar-refractivity contribution in [1.82, 2.24) is 20.5 Å². The number of rotatable bonds is 4. The second-order valence-electron chi connectivity index (χ2n) is 6.63. The van der Waals surface area contributed by atoms with E-state index in [4.69, 9.17) is 4.63 Å². The Hall–Kier alpha value is -3.42. The first-order valence-electron chi connectivity index (χ1n) is 8.65. The van der Waals surface area contributed by atoms with Crippen LogP contribution in [0.2, 0.25) is 0 Å². The first-order valence-corrected chi connectivity index (χ1v) is 8.65. The van der Waals surface area contributed by atoms with Crippen LogP contribution in [0, 0.1) is 6.92 Å². The number of amides is 3. The largest absolute Gasteiger partial charge is 0.337 e. The van der Waals surface area contributed by atoms with Crippen molar-refractivity contribution in [1.29, 1.82) is 0 Å². The van der Waals surface area contributed by atoms with Gasteiger partial charge in [0.2, 0.25) is 0 Å². The third-order valence-electron chi connectivity index (χ3n) is 4.69. The highest BCUT2D eigenvalue weighted by Gasteiger charge is 2.24. The fourth-order valence-corrected chi connectivity index (χ4v) is 3.23. The molecule has 8 nitrogen and oxygen atoms in total. The van der Waals surface area contributed by atoms with Gasteiger partial charge in [0, 0.05) is 37.9 Å². The number of aryl methyl sites for hydroxylation is 1. The number of carbonyl (C=O) groups is 2. The molecule has 1 fully saturated rings. The zero-order chi connectivity index (χ0) is 19.0. The fourth-order valence-electron chi connectivity index (χ4n) is 3.23. The molecule has 1 aliphatic heterocycles. The predicted molar refractivity (Wildman–Crippen MR) is 99.5 cm³/mol. The molecule has 2 aromatic carbocycles. The lowest BCUT2D eigenvalue weighted by Crippen LogP contribution is -2.29. The number of urea groups is 1. The summed E-state index contributed by atoms with van der Waals surface area (Å²) in [5, 5.41) is 10.4. The number of carbonyl (C=O) groups excluding carboxylic acids is 2. The minimum absolute atomic E-state index is 0.116. The van der Waals surface area contributed by atoms with Crippen LogP contribution in [0.3, 0.4) is 0 Å². The molecule has 27 heavy (non-hydrogen) atoms. The van der Waals surface area contributed by atoms with Gasteiger partial charge < -0.3 is 10.2 Å². The molecule has 3 amide bonds. The van der Waals surface area contributed by atoms with Gasteiger partial charge in [0.25, 0.3) is 5.91 Å². The van der Waals surface area contributed by atoms with E-state index in [1.54, 1.807) is 29.0 Å². The van der Waals surface area contributed by atoms with Crippen molar-refractivity contribution in [2.45, 2.75) is 13.5 Å². The topological polar surface area (TPSA) is 91.6 Å². The minimum atomic E-state index is -0.134. The molecule has 8 heteroatoms. The second-order valence-corrected chi connectivity index (χ2v) is 6.63. The van der Waals surface area contributed by atoms with E-state index in [9.17, 15) is 9.59 Å². The van der Waals surface area contributed by atoms with E-state index in [0.717, 1.165) is 16.8 Å². The molecule has 138 valence electrons. The number of hydrogen-bond acceptors (Lipinski definition) is 5. The quantitative estimate of drug-likeness (QED) is 0.766. The third-order valence-corrected chi connectivity index (χ3v) is 4.69. The number of aromatic nitrogens is 2. The summed E-state index contributed by atoms with van der Waals surface area (Å²) in [5.41, 5.74) is 4.53. The summed E-state index contributed by atoms with van der Waals surface area (Å²) < 4.78 is 4.71. The van der Waals surface area contributed by atoms with Crippen LogP contribution in [-0.4, -0.2) is 47.3 Å². The Morgan fingerprint density at radius 2 is 2.04 bits per heavy atom. The first kappa shape index (κ1) is 17.0. The zero-order valence-corrected chi connectivity index (χ0v) is 15.1. The Morgan fingerprint density at radius 1 is 1.22 bits per heavy atom. The molecule has 0 saturated carbocycles. The SMILES string of the molecule is Cc1ccc(C(=O)N(C)Cc2ccc3nonc3c2)cc1N1CCNC1=O. The third kappa shape index (κ3) is 3.21. The van der Waals surface area contributed by atoms with E-state index >= 15 is 0 Å². The highest BCUT2D eigenvalue weighted by molar-refractivity contribution is 5.99. The Morgan fingerprint density at radius 3 is 2.81 bits per heavy atom. The highest BCUT2D eigenvalue weighted by Crippen LogP contribution is 2.24. The Labute approximate surface area is 155 Å². The van der Waals surface area contributed by atoms with E-state index < -0.39 is 0 Å². The van der Waals surface area contributed by atoms with Gasteiger partial charge in [-0.1, -0.05) is 12.1 Å². The van der Waals surface area contributed by atoms with Crippen LogP contribution in [0.15, 0.2) is 41.0 Å². The Kier molecular flexibility index (Phi) is 4.23. The molecular formula is C19H19N5O3. The van der Waals surface area contributed by atoms with Crippen molar-refractivity contribution in [2.24, 2.45) is 0 Å². The van der Waals surface area contributed by atoms with Crippen molar-refractivity contribution >= 4 is 28.7 Å². The molecule has 1 saturated heterocycles. The summed E-state index contributed by atoms with van der Waals surface area (Å²) >= 11 is 0. The zero-order valence-electron chi connectivity index (χ0n) is 15.1. The Balaban J connectivity index is 1.55. The monoisotopic (exact) mass is 365 g/mol. The number of anilines is 1. The summed E-state index contributed by atoms with van der Waals surface area (Å²) in [6.07, 6.45) is 0. The van der Waals surface area contributed by atoms with Gasteiger partial charge in [-0.05, 0) is 52.6 Å². The number of benzene rings is 2. The predicted octanol–water partition coefficient (Wildman–Crippen LogP) is 2.33. The molecule has 1 N–H and O–H groups in total. The van der Waals surface area contributed by atoms with E-state index in [0.29, 0.717) is 36.2 Å². The second kappa shape index (κ2) is 6.71. The van der Waals surface area contributed by atoms with Crippen LogP contribution in [0.5, 0.6) is 0 Å². The number of hydrogen-bond donors (Lipinski definition) is 1. The molecular weight excluding hydrogens is 346 g/mol. The van der Waals surface area contributed by atoms with Crippen LogP contribution in [0.4, 0.5) is 10.5 Å². The smallest absolute Gasteiger partial charge is 0.322 e. The van der Waals surface area contributed by atoms with Gasteiger partial charge in [-0.25, -0.2) is 9.42 Å². The van der Waals surface area contributed by atoms with Crippen molar-refractivity contribution in [2.75, 3.05) is 25.0 Å². The fraction of sp³-hybridized carbons (Fsp3) is 0.263. The van der Waals surface area contributed by atoms with E-state index in [-0.39, 0.29) is 11.9 Å². The maximum absolute atomic E-state index is 12.9. The molecule has 1 aliphatic rings. The van der Waals surface area contributed by atoms with Gasteiger partial charge in [0.1, 0.15) is 11.0 Å². The van der Waals surface area contributed by atoms with E-state index in [2.05, 4.69) is 15.6 Å². The van der Waals surface area contributed by atoms with Crippen molar-refractivity contribution < 1.29 is 14.2 Å². The molecule has 0 bridgehead atoms. The van der Waals surface area contributed by atoms with Gasteiger partial charge in [-0.3, -0.25) is 9.69 Å². The summed E-state index contributed by atoms with van der Waals surface area (Å²) in [7, 11) is 1.75. The highest BCUT2D eigenvalue weighted by atomic mass is 16.6. The van der Waals surface area contributed by atoms with Crippen molar-refractivity contribution in [3.63, 3.8) is 0 Å². The summed E-state index contributed by atoms with van der Waals surface area (Å²) in [6, 6.07) is 10.9. The number of nitrogens with zero attached hydrogens (tertiary/aromatic N) is 4. The minimum Gasteiger partial charge on any atom is -0.337 e. The van der Waals surface area contributed by atoms with Crippen LogP contribution in [0.1, 0.15) is 21.5 Å². The molecule has 2 heterocycles. The summed E-state index contributed by atoms with van der Waals surface area (Å²) in [5.74, 6) is -0.116. The average Bonchev–Trinajstić information content (AvgIpc) is 3.30. The van der Waals surface area contributed by atoms with E-state index in [1.807, 2.05) is 31.2 Å². The van der Waals surface area contributed by atoms with Crippen LogP contribution >= 0.6 is 0 Å². The lowest BCUT2D eigenvalue weighted by Gasteiger charge is -2.21. The first-order chi connectivity index (χ1) is 13.0. The molecule has 0 aliphatic carbocycles. The van der Waals surface area contributed by atoms with E-state index in [1.165, 1.54) is 0 Å². The van der Waals surface area contributed by atoms with Gasteiger partial charge in [0.05, 0.1) is 0 Å². The molecule has 0 unspecified atom stereocenters. The molecule has 0 spiro atoms. The summed E-state index contributed by atoms with van der Waals surface area (Å²) in [4.78, 5) is 28.1. The van der Waals surface area contributed by atoms with Gasteiger partial charge in [-0.2, -0.15) is 0 Å². The summed E-state index contributed by atoms with van der Waals surface area (Å²) in [6.45, 7) is 3.56. The molecule has 1 aromatic heterocycles. The maximum atomic E-state index is 12.9. The maximum Gasteiger partial charge on any atom is 0.322 e. The lowest BCUT2D eigenvalue weighted by atomic mass is 10.1.